The number of methoxy groups -OCH3 is 3. The van der Waals surface area contributed by atoms with Gasteiger partial charge in [-0.1, -0.05) is 0 Å². The van der Waals surface area contributed by atoms with Crippen LogP contribution in [0.15, 0.2) is 12.1 Å². The first-order valence-electron chi connectivity index (χ1n) is 7.71. The molecule has 0 aliphatic carbocycles. The van der Waals surface area contributed by atoms with Crippen molar-refractivity contribution in [2.45, 2.75) is 0 Å². The van der Waals surface area contributed by atoms with E-state index >= 15 is 0 Å². The molecular formula is C16H25N3O4. The lowest BCUT2D eigenvalue weighted by atomic mass is 10.1. The maximum atomic E-state index is 12.3. The normalized spacial score (nSPS) is 15.1. The van der Waals surface area contributed by atoms with Gasteiger partial charge in [0, 0.05) is 44.8 Å². The van der Waals surface area contributed by atoms with Crippen LogP contribution < -0.4 is 24.8 Å². The summed E-state index contributed by atoms with van der Waals surface area (Å²) in [6.45, 7) is 5.48. The lowest BCUT2D eigenvalue weighted by Crippen LogP contribution is -2.46. The highest BCUT2D eigenvalue weighted by molar-refractivity contribution is 5.95. The van der Waals surface area contributed by atoms with Crippen molar-refractivity contribution < 1.29 is 19.0 Å². The van der Waals surface area contributed by atoms with Crippen molar-refractivity contribution in [1.82, 2.24) is 15.5 Å². The Kier molecular flexibility index (Phi) is 6.49. The van der Waals surface area contributed by atoms with Gasteiger partial charge in [0.2, 0.25) is 5.75 Å². The van der Waals surface area contributed by atoms with Gasteiger partial charge in [0.05, 0.1) is 21.3 Å². The molecule has 0 radical (unpaired) electrons. The minimum absolute atomic E-state index is 0.153. The van der Waals surface area contributed by atoms with Crippen molar-refractivity contribution in [3.05, 3.63) is 17.7 Å². The van der Waals surface area contributed by atoms with Crippen molar-refractivity contribution in [3.63, 3.8) is 0 Å². The second-order valence-corrected chi connectivity index (χ2v) is 5.26. The number of carbonyl (C=O) groups is 1. The maximum Gasteiger partial charge on any atom is 0.251 e. The third kappa shape index (κ3) is 4.49. The number of nitrogens with zero attached hydrogens (tertiary/aromatic N) is 1. The lowest BCUT2D eigenvalue weighted by molar-refractivity contribution is 0.0946. The highest BCUT2D eigenvalue weighted by Crippen LogP contribution is 2.38. The zero-order valence-corrected chi connectivity index (χ0v) is 14.0. The number of piperazine rings is 1. The second-order valence-electron chi connectivity index (χ2n) is 5.26. The van der Waals surface area contributed by atoms with E-state index in [4.69, 9.17) is 14.2 Å². The van der Waals surface area contributed by atoms with Crippen LogP contribution in [-0.4, -0.2) is 71.4 Å². The Morgan fingerprint density at radius 1 is 1.13 bits per heavy atom. The van der Waals surface area contributed by atoms with Gasteiger partial charge in [0.1, 0.15) is 0 Å². The fourth-order valence-electron chi connectivity index (χ4n) is 2.58. The molecule has 0 saturated carbocycles. The number of nitrogens with one attached hydrogen (secondary N) is 2. The Hall–Kier alpha value is -1.99. The first-order valence-corrected chi connectivity index (χ1v) is 7.71. The molecule has 1 aromatic carbocycles. The van der Waals surface area contributed by atoms with Gasteiger partial charge in [0.25, 0.3) is 5.91 Å². The van der Waals surface area contributed by atoms with Gasteiger partial charge in [0.15, 0.2) is 11.5 Å². The molecule has 7 heteroatoms. The molecule has 1 aliphatic heterocycles. The van der Waals surface area contributed by atoms with Crippen LogP contribution in [0.1, 0.15) is 10.4 Å². The average molecular weight is 323 g/mol. The number of ether oxygens (including phenoxy) is 3. The SMILES string of the molecule is COc1cc(C(=O)NCCN2CCNCC2)cc(OC)c1OC. The molecular weight excluding hydrogens is 298 g/mol. The number of rotatable bonds is 7. The zero-order chi connectivity index (χ0) is 16.7. The van der Waals surface area contributed by atoms with Gasteiger partial charge < -0.3 is 24.8 Å². The minimum Gasteiger partial charge on any atom is -0.493 e. The van der Waals surface area contributed by atoms with E-state index in [9.17, 15) is 4.79 Å². The summed E-state index contributed by atoms with van der Waals surface area (Å²) < 4.78 is 15.8. The van der Waals surface area contributed by atoms with Crippen LogP contribution in [0.3, 0.4) is 0 Å². The molecule has 2 N–H and O–H groups in total. The number of benzene rings is 1. The highest BCUT2D eigenvalue weighted by atomic mass is 16.5. The van der Waals surface area contributed by atoms with Gasteiger partial charge in [-0.25, -0.2) is 0 Å². The summed E-state index contributed by atoms with van der Waals surface area (Å²) in [5.41, 5.74) is 0.486. The van der Waals surface area contributed by atoms with Gasteiger partial charge in [-0.05, 0) is 12.1 Å². The molecule has 0 unspecified atom stereocenters. The van der Waals surface area contributed by atoms with E-state index in [0.717, 1.165) is 32.7 Å². The molecule has 0 bridgehead atoms. The lowest BCUT2D eigenvalue weighted by Gasteiger charge is -2.27. The van der Waals surface area contributed by atoms with Gasteiger partial charge in [-0.15, -0.1) is 0 Å². The van der Waals surface area contributed by atoms with Crippen LogP contribution in [0.2, 0.25) is 0 Å². The number of hydrogen-bond donors (Lipinski definition) is 2. The van der Waals surface area contributed by atoms with Crippen molar-refractivity contribution in [2.75, 3.05) is 60.6 Å². The Morgan fingerprint density at radius 3 is 2.26 bits per heavy atom. The maximum absolute atomic E-state index is 12.3. The zero-order valence-electron chi connectivity index (χ0n) is 14.0. The fourth-order valence-corrected chi connectivity index (χ4v) is 2.58. The van der Waals surface area contributed by atoms with E-state index in [1.807, 2.05) is 0 Å². The molecule has 7 nitrogen and oxygen atoms in total. The highest BCUT2D eigenvalue weighted by Gasteiger charge is 2.17. The summed E-state index contributed by atoms with van der Waals surface area (Å²) in [6, 6.07) is 3.31. The van der Waals surface area contributed by atoms with E-state index in [1.165, 1.54) is 21.3 Å². The van der Waals surface area contributed by atoms with E-state index in [2.05, 4.69) is 15.5 Å². The van der Waals surface area contributed by atoms with Crippen LogP contribution in [0.25, 0.3) is 0 Å². The van der Waals surface area contributed by atoms with Crippen LogP contribution in [0.5, 0.6) is 17.2 Å². The standard InChI is InChI=1S/C16H25N3O4/c1-21-13-10-12(11-14(22-2)15(13)23-3)16(20)18-6-9-19-7-4-17-5-8-19/h10-11,17H,4-9H2,1-3H3,(H,18,20). The average Bonchev–Trinajstić information content (AvgIpc) is 2.61. The summed E-state index contributed by atoms with van der Waals surface area (Å²) in [5.74, 6) is 1.27. The van der Waals surface area contributed by atoms with E-state index in [-0.39, 0.29) is 5.91 Å². The monoisotopic (exact) mass is 323 g/mol. The molecule has 0 atom stereocenters. The molecule has 1 amide bonds. The Labute approximate surface area is 136 Å². The first-order chi connectivity index (χ1) is 11.2. The van der Waals surface area contributed by atoms with Crippen LogP contribution in [-0.2, 0) is 0 Å². The first kappa shape index (κ1) is 17.4. The summed E-state index contributed by atoms with van der Waals surface area (Å²) in [6.07, 6.45) is 0. The third-order valence-electron chi connectivity index (χ3n) is 3.85. The molecule has 128 valence electrons. The predicted molar refractivity (Wildman–Crippen MR) is 87.7 cm³/mol. The molecule has 1 fully saturated rings. The largest absolute Gasteiger partial charge is 0.493 e. The Bertz CT molecular complexity index is 505. The molecule has 1 saturated heterocycles. The molecule has 1 heterocycles. The Balaban J connectivity index is 1.98. The number of hydrogen-bond acceptors (Lipinski definition) is 6. The summed E-state index contributed by atoms with van der Waals surface area (Å²) in [7, 11) is 4.60. The van der Waals surface area contributed by atoms with Gasteiger partial charge in [-0.2, -0.15) is 0 Å². The molecule has 23 heavy (non-hydrogen) atoms. The van der Waals surface area contributed by atoms with Crippen molar-refractivity contribution in [2.24, 2.45) is 0 Å². The van der Waals surface area contributed by atoms with E-state index in [0.29, 0.717) is 29.4 Å². The molecule has 0 spiro atoms. The third-order valence-corrected chi connectivity index (χ3v) is 3.85. The van der Waals surface area contributed by atoms with Crippen molar-refractivity contribution >= 4 is 5.91 Å². The Morgan fingerprint density at radius 2 is 1.74 bits per heavy atom. The van der Waals surface area contributed by atoms with Crippen molar-refractivity contribution in [3.8, 4) is 17.2 Å². The van der Waals surface area contributed by atoms with Crippen molar-refractivity contribution in [1.29, 1.82) is 0 Å². The molecule has 1 aliphatic rings. The van der Waals surface area contributed by atoms with Gasteiger partial charge >= 0.3 is 0 Å². The summed E-state index contributed by atoms with van der Waals surface area (Å²) in [5, 5.41) is 6.24. The summed E-state index contributed by atoms with van der Waals surface area (Å²) in [4.78, 5) is 14.7. The molecule has 0 aromatic heterocycles. The van der Waals surface area contributed by atoms with Crippen LogP contribution >= 0.6 is 0 Å². The topological polar surface area (TPSA) is 72.1 Å². The van der Waals surface area contributed by atoms with Crippen LogP contribution in [0.4, 0.5) is 0 Å². The van der Waals surface area contributed by atoms with Gasteiger partial charge in [-0.3, -0.25) is 9.69 Å². The van der Waals surface area contributed by atoms with Crippen LogP contribution in [0, 0.1) is 0 Å². The predicted octanol–water partition coefficient (Wildman–Crippen LogP) is 0.347. The minimum atomic E-state index is -0.153. The second kappa shape index (κ2) is 8.59. The number of amides is 1. The smallest absolute Gasteiger partial charge is 0.251 e. The fraction of sp³-hybridized carbons (Fsp3) is 0.562. The quantitative estimate of drug-likeness (QED) is 0.754. The van der Waals surface area contributed by atoms with E-state index in [1.54, 1.807) is 12.1 Å². The molecule has 1 aromatic rings. The summed E-state index contributed by atoms with van der Waals surface area (Å²) >= 11 is 0. The van der Waals surface area contributed by atoms with E-state index < -0.39 is 0 Å². The number of carbonyl (C=O) groups excluding carboxylic acids is 1. The molecule has 2 rings (SSSR count).